The highest BCUT2D eigenvalue weighted by molar-refractivity contribution is 7.99. The molecule has 0 radical (unpaired) electrons. The van der Waals surface area contributed by atoms with E-state index in [9.17, 15) is 13.6 Å². The highest BCUT2D eigenvalue weighted by atomic mass is 32.2. The van der Waals surface area contributed by atoms with Crippen LogP contribution in [0, 0.1) is 11.6 Å². The van der Waals surface area contributed by atoms with E-state index < -0.39 is 23.2 Å². The van der Waals surface area contributed by atoms with E-state index in [4.69, 9.17) is 13.9 Å². The molecule has 3 aromatic rings. The van der Waals surface area contributed by atoms with Gasteiger partial charge in [-0.2, -0.15) is 0 Å². The largest absolute Gasteiger partial charge is 0.493 e. The van der Waals surface area contributed by atoms with Gasteiger partial charge in [0, 0.05) is 5.56 Å². The lowest BCUT2D eigenvalue weighted by molar-refractivity contribution is -0.113. The van der Waals surface area contributed by atoms with Gasteiger partial charge in [-0.25, -0.2) is 8.78 Å². The first-order valence-electron chi connectivity index (χ1n) is 7.94. The molecule has 0 saturated heterocycles. The van der Waals surface area contributed by atoms with E-state index in [0.717, 1.165) is 23.9 Å². The van der Waals surface area contributed by atoms with E-state index in [1.165, 1.54) is 20.3 Å². The Morgan fingerprint density at radius 1 is 1.11 bits per heavy atom. The molecule has 0 spiro atoms. The maximum Gasteiger partial charge on any atom is 0.277 e. The molecule has 0 atom stereocenters. The molecule has 0 fully saturated rings. The highest BCUT2D eigenvalue weighted by Crippen LogP contribution is 2.32. The van der Waals surface area contributed by atoms with Crippen molar-refractivity contribution in [3.8, 4) is 23.0 Å². The van der Waals surface area contributed by atoms with Crippen LogP contribution in [0.15, 0.2) is 46.0 Å². The number of para-hydroxylation sites is 1. The summed E-state index contributed by atoms with van der Waals surface area (Å²) in [4.78, 5) is 11.9. The molecule has 1 aromatic heterocycles. The van der Waals surface area contributed by atoms with Crippen LogP contribution in [0.2, 0.25) is 0 Å². The average molecular weight is 407 g/mol. The maximum absolute atomic E-state index is 13.6. The second kappa shape index (κ2) is 8.70. The summed E-state index contributed by atoms with van der Waals surface area (Å²) in [6.07, 6.45) is 0. The summed E-state index contributed by atoms with van der Waals surface area (Å²) >= 11 is 0.939. The van der Waals surface area contributed by atoms with Crippen LogP contribution in [0.5, 0.6) is 11.5 Å². The molecular weight excluding hydrogens is 392 g/mol. The summed E-state index contributed by atoms with van der Waals surface area (Å²) in [5.41, 5.74) is 0.111. The molecule has 7 nitrogen and oxygen atoms in total. The highest BCUT2D eigenvalue weighted by Gasteiger charge is 2.15. The van der Waals surface area contributed by atoms with Crippen LogP contribution in [0.4, 0.5) is 14.5 Å². The van der Waals surface area contributed by atoms with Gasteiger partial charge in [0.2, 0.25) is 11.8 Å². The first kappa shape index (κ1) is 19.6. The number of ether oxygens (including phenoxy) is 2. The number of anilines is 1. The monoisotopic (exact) mass is 407 g/mol. The van der Waals surface area contributed by atoms with Crippen molar-refractivity contribution in [3.63, 3.8) is 0 Å². The molecular formula is C18H15F2N3O4S. The molecule has 1 amide bonds. The number of hydrogen-bond donors (Lipinski definition) is 1. The Bertz CT molecular complexity index is 976. The van der Waals surface area contributed by atoms with Crippen molar-refractivity contribution >= 4 is 23.4 Å². The van der Waals surface area contributed by atoms with Crippen molar-refractivity contribution in [2.24, 2.45) is 0 Å². The Hall–Kier alpha value is -3.14. The van der Waals surface area contributed by atoms with Crippen molar-refractivity contribution in [2.75, 3.05) is 25.3 Å². The molecule has 0 unspecified atom stereocenters. The predicted octanol–water partition coefficient (Wildman–Crippen LogP) is 3.76. The first-order valence-corrected chi connectivity index (χ1v) is 8.93. The van der Waals surface area contributed by atoms with Gasteiger partial charge in [-0.1, -0.05) is 17.8 Å². The van der Waals surface area contributed by atoms with E-state index in [1.54, 1.807) is 18.2 Å². The molecule has 0 aliphatic carbocycles. The lowest BCUT2D eigenvalue weighted by Gasteiger charge is -2.07. The summed E-state index contributed by atoms with van der Waals surface area (Å²) in [6, 6.07) is 8.41. The van der Waals surface area contributed by atoms with Crippen LogP contribution in [0.25, 0.3) is 11.5 Å². The Labute approximate surface area is 163 Å². The maximum atomic E-state index is 13.6. The smallest absolute Gasteiger partial charge is 0.277 e. The fourth-order valence-electron chi connectivity index (χ4n) is 2.27. The average Bonchev–Trinajstić information content (AvgIpc) is 3.18. The quantitative estimate of drug-likeness (QED) is 0.597. The van der Waals surface area contributed by atoms with E-state index in [-0.39, 0.29) is 16.9 Å². The molecule has 0 aliphatic rings. The van der Waals surface area contributed by atoms with Crippen LogP contribution in [0.1, 0.15) is 0 Å². The summed E-state index contributed by atoms with van der Waals surface area (Å²) in [5.74, 6) is -1.21. The molecule has 1 N–H and O–H groups in total. The molecule has 1 heterocycles. The van der Waals surface area contributed by atoms with Crippen molar-refractivity contribution in [1.82, 2.24) is 10.2 Å². The number of nitrogens with zero attached hydrogens (tertiary/aromatic N) is 2. The number of carbonyl (C=O) groups excluding carboxylic acids is 1. The van der Waals surface area contributed by atoms with E-state index >= 15 is 0 Å². The van der Waals surface area contributed by atoms with Crippen molar-refractivity contribution in [3.05, 3.63) is 48.0 Å². The minimum absolute atomic E-state index is 0.133. The van der Waals surface area contributed by atoms with E-state index in [2.05, 4.69) is 15.5 Å². The number of methoxy groups -OCH3 is 2. The minimum Gasteiger partial charge on any atom is -0.493 e. The zero-order chi connectivity index (χ0) is 20.1. The zero-order valence-electron chi connectivity index (χ0n) is 14.9. The standard InChI is InChI=1S/C18H15F2N3O4S/c1-25-13-7-6-10(8-14(13)26-2)17-22-23-18(27-17)28-9-15(24)21-16-11(19)4-3-5-12(16)20/h3-8H,9H2,1-2H3,(H,21,24). The number of hydrogen-bond acceptors (Lipinski definition) is 7. The summed E-state index contributed by atoms with van der Waals surface area (Å²) in [6.45, 7) is 0. The minimum atomic E-state index is -0.855. The molecule has 10 heteroatoms. The number of aromatic nitrogens is 2. The van der Waals surface area contributed by atoms with Gasteiger partial charge in [0.1, 0.15) is 17.3 Å². The van der Waals surface area contributed by atoms with Gasteiger partial charge in [0.05, 0.1) is 20.0 Å². The number of rotatable bonds is 7. The normalized spacial score (nSPS) is 10.6. The summed E-state index contributed by atoms with van der Waals surface area (Å²) in [5, 5.41) is 10.1. The van der Waals surface area contributed by atoms with Gasteiger partial charge in [-0.15, -0.1) is 10.2 Å². The molecule has 0 aliphatic heterocycles. The van der Waals surface area contributed by atoms with Crippen molar-refractivity contribution in [2.45, 2.75) is 5.22 Å². The van der Waals surface area contributed by atoms with Crippen molar-refractivity contribution in [1.29, 1.82) is 0 Å². The molecule has 0 bridgehead atoms. The number of halogens is 2. The second-order valence-electron chi connectivity index (χ2n) is 5.38. The predicted molar refractivity (Wildman–Crippen MR) is 98.5 cm³/mol. The van der Waals surface area contributed by atoms with Gasteiger partial charge in [0.25, 0.3) is 5.22 Å². The SMILES string of the molecule is COc1ccc(-c2nnc(SCC(=O)Nc3c(F)cccc3F)o2)cc1OC. The fraction of sp³-hybridized carbons (Fsp3) is 0.167. The van der Waals surface area contributed by atoms with Gasteiger partial charge in [0.15, 0.2) is 11.5 Å². The second-order valence-corrected chi connectivity index (χ2v) is 6.30. The van der Waals surface area contributed by atoms with Gasteiger partial charge >= 0.3 is 0 Å². The summed E-state index contributed by atoms with van der Waals surface area (Å²) < 4.78 is 43.0. The molecule has 2 aromatic carbocycles. The lowest BCUT2D eigenvalue weighted by Crippen LogP contribution is -2.16. The van der Waals surface area contributed by atoms with Crippen LogP contribution in [-0.2, 0) is 4.79 Å². The number of amides is 1. The third kappa shape index (κ3) is 4.39. The third-order valence-electron chi connectivity index (χ3n) is 3.59. The van der Waals surface area contributed by atoms with Gasteiger partial charge in [-0.05, 0) is 30.3 Å². The number of carbonyl (C=O) groups is 1. The topological polar surface area (TPSA) is 86.5 Å². The van der Waals surface area contributed by atoms with Crippen LogP contribution >= 0.6 is 11.8 Å². The Morgan fingerprint density at radius 3 is 2.50 bits per heavy atom. The Balaban J connectivity index is 1.64. The zero-order valence-corrected chi connectivity index (χ0v) is 15.7. The molecule has 3 rings (SSSR count). The third-order valence-corrected chi connectivity index (χ3v) is 4.41. The number of nitrogens with one attached hydrogen (secondary N) is 1. The van der Waals surface area contributed by atoms with Gasteiger partial charge < -0.3 is 19.2 Å². The van der Waals surface area contributed by atoms with Crippen molar-refractivity contribution < 1.29 is 27.5 Å². The number of benzene rings is 2. The molecule has 146 valence electrons. The molecule has 0 saturated carbocycles. The Kier molecular flexibility index (Phi) is 6.09. The molecule has 28 heavy (non-hydrogen) atoms. The fourth-order valence-corrected chi connectivity index (χ4v) is 2.84. The van der Waals surface area contributed by atoms with Crippen LogP contribution < -0.4 is 14.8 Å². The number of thioether (sulfide) groups is 1. The summed E-state index contributed by atoms with van der Waals surface area (Å²) in [7, 11) is 3.03. The van der Waals surface area contributed by atoms with Gasteiger partial charge in [-0.3, -0.25) is 4.79 Å². The van der Waals surface area contributed by atoms with Crippen LogP contribution in [0.3, 0.4) is 0 Å². The van der Waals surface area contributed by atoms with E-state index in [1.807, 2.05) is 0 Å². The van der Waals surface area contributed by atoms with Crippen LogP contribution in [-0.4, -0.2) is 36.1 Å². The lowest BCUT2D eigenvalue weighted by atomic mass is 10.2. The van der Waals surface area contributed by atoms with E-state index in [0.29, 0.717) is 17.1 Å². The Morgan fingerprint density at radius 2 is 1.82 bits per heavy atom. The first-order chi connectivity index (χ1) is 13.5.